The molecule has 0 unspecified atom stereocenters. The van der Waals surface area contributed by atoms with Gasteiger partial charge in [-0.1, -0.05) is 24.3 Å². The number of rotatable bonds is 7. The normalized spacial score (nSPS) is 11.3. The molecule has 144 valence electrons. The zero-order chi connectivity index (χ0) is 20.2. The number of carbonyl (C=O) groups excluding carboxylic acids is 1. The molecule has 0 aliphatic rings. The third-order valence-electron chi connectivity index (χ3n) is 2.53. The minimum Gasteiger partial charge on any atom is -0.480 e. The van der Waals surface area contributed by atoms with Crippen molar-refractivity contribution in [2.24, 2.45) is 0 Å². The van der Waals surface area contributed by atoms with E-state index in [0.29, 0.717) is 5.56 Å². The highest BCUT2D eigenvalue weighted by Crippen LogP contribution is 2.06. The standard InChI is InChI=1S/C11H19NO5.C7H6O2/c1-5-6-16-7-8(9(13)14)12-10(15)17-11(2,3)4;8-7(9)6-4-2-1-3-5-6/h5,8H,1,6-7H2,2-4H3,(H,12,15)(H,13,14);1-5H,(H,8,9)/t8-;/m0./s1. The number of hydrogen-bond acceptors (Lipinski definition) is 5. The van der Waals surface area contributed by atoms with Crippen LogP contribution in [0.4, 0.5) is 4.79 Å². The zero-order valence-corrected chi connectivity index (χ0v) is 15.1. The smallest absolute Gasteiger partial charge is 0.408 e. The van der Waals surface area contributed by atoms with Crippen LogP contribution in [0.3, 0.4) is 0 Å². The quantitative estimate of drug-likeness (QED) is 0.500. The van der Waals surface area contributed by atoms with Crippen molar-refractivity contribution < 1.29 is 34.1 Å². The molecule has 0 aliphatic carbocycles. The van der Waals surface area contributed by atoms with Crippen LogP contribution >= 0.6 is 0 Å². The third kappa shape index (κ3) is 11.6. The van der Waals surface area contributed by atoms with Gasteiger partial charge < -0.3 is 25.0 Å². The molecule has 1 rings (SSSR count). The molecule has 1 amide bonds. The van der Waals surface area contributed by atoms with Gasteiger partial charge in [0.25, 0.3) is 0 Å². The molecule has 1 aromatic rings. The van der Waals surface area contributed by atoms with Gasteiger partial charge in [-0.2, -0.15) is 0 Å². The van der Waals surface area contributed by atoms with Crippen LogP contribution in [-0.2, 0) is 14.3 Å². The van der Waals surface area contributed by atoms with Crippen molar-refractivity contribution in [3.05, 3.63) is 48.6 Å². The van der Waals surface area contributed by atoms with E-state index in [1.807, 2.05) is 0 Å². The Labute approximate surface area is 152 Å². The van der Waals surface area contributed by atoms with Crippen LogP contribution in [0.1, 0.15) is 31.1 Å². The van der Waals surface area contributed by atoms with Crippen molar-refractivity contribution in [2.75, 3.05) is 13.2 Å². The van der Waals surface area contributed by atoms with E-state index in [4.69, 9.17) is 19.7 Å². The Balaban J connectivity index is 0.000000577. The number of amides is 1. The second-order valence-electron chi connectivity index (χ2n) is 6.03. The topological polar surface area (TPSA) is 122 Å². The number of nitrogens with one attached hydrogen (secondary N) is 1. The Morgan fingerprint density at radius 3 is 2.15 bits per heavy atom. The molecule has 0 heterocycles. The van der Waals surface area contributed by atoms with Crippen molar-refractivity contribution in [2.45, 2.75) is 32.4 Å². The Bertz CT molecular complexity index is 593. The first kappa shape index (κ1) is 23.1. The predicted molar refractivity (Wildman–Crippen MR) is 95.2 cm³/mol. The van der Waals surface area contributed by atoms with Crippen molar-refractivity contribution in [3.63, 3.8) is 0 Å². The third-order valence-corrected chi connectivity index (χ3v) is 2.53. The fourth-order valence-corrected chi connectivity index (χ4v) is 1.47. The first-order valence-corrected chi connectivity index (χ1v) is 7.76. The van der Waals surface area contributed by atoms with Crippen LogP contribution < -0.4 is 5.32 Å². The van der Waals surface area contributed by atoms with Crippen LogP contribution in [-0.4, -0.2) is 53.1 Å². The first-order valence-electron chi connectivity index (χ1n) is 7.76. The summed E-state index contributed by atoms with van der Waals surface area (Å²) in [5.74, 6) is -2.06. The second kappa shape index (κ2) is 11.6. The van der Waals surface area contributed by atoms with Crippen LogP contribution in [0.15, 0.2) is 43.0 Å². The van der Waals surface area contributed by atoms with E-state index in [0.717, 1.165) is 0 Å². The largest absolute Gasteiger partial charge is 0.480 e. The average Bonchev–Trinajstić information content (AvgIpc) is 2.53. The summed E-state index contributed by atoms with van der Waals surface area (Å²) in [6.07, 6.45) is 0.707. The molecule has 0 bridgehead atoms. The van der Waals surface area contributed by atoms with Gasteiger partial charge in [-0.3, -0.25) is 0 Å². The molecule has 0 saturated heterocycles. The van der Waals surface area contributed by atoms with Gasteiger partial charge in [-0.05, 0) is 32.9 Å². The Morgan fingerprint density at radius 2 is 1.77 bits per heavy atom. The molecule has 8 heteroatoms. The minimum absolute atomic E-state index is 0.138. The SMILES string of the molecule is C=CCOC[C@H](NC(=O)OC(C)(C)C)C(=O)O.O=C(O)c1ccccc1. The molecule has 0 saturated carbocycles. The van der Waals surface area contributed by atoms with Gasteiger partial charge in [0.05, 0.1) is 18.8 Å². The lowest BCUT2D eigenvalue weighted by molar-refractivity contribution is -0.141. The number of benzene rings is 1. The first-order chi connectivity index (χ1) is 12.1. The zero-order valence-electron chi connectivity index (χ0n) is 15.1. The van der Waals surface area contributed by atoms with Crippen LogP contribution in [0.5, 0.6) is 0 Å². The fourth-order valence-electron chi connectivity index (χ4n) is 1.47. The minimum atomic E-state index is -1.18. The number of aliphatic carboxylic acids is 1. The van der Waals surface area contributed by atoms with E-state index >= 15 is 0 Å². The Kier molecular flexibility index (Phi) is 10.4. The summed E-state index contributed by atoms with van der Waals surface area (Å²) >= 11 is 0. The van der Waals surface area contributed by atoms with Gasteiger partial charge in [-0.15, -0.1) is 6.58 Å². The monoisotopic (exact) mass is 367 g/mol. The molecule has 1 aromatic carbocycles. The summed E-state index contributed by atoms with van der Waals surface area (Å²) in [6, 6.07) is 7.16. The highest BCUT2D eigenvalue weighted by Gasteiger charge is 2.23. The average molecular weight is 367 g/mol. The van der Waals surface area contributed by atoms with Crippen LogP contribution in [0.25, 0.3) is 0 Å². The predicted octanol–water partition coefficient (Wildman–Crippen LogP) is 2.55. The Morgan fingerprint density at radius 1 is 1.19 bits per heavy atom. The summed E-state index contributed by atoms with van der Waals surface area (Å²) in [5, 5.41) is 19.4. The highest BCUT2D eigenvalue weighted by molar-refractivity contribution is 5.87. The molecule has 1 atom stereocenters. The van der Waals surface area contributed by atoms with E-state index in [1.54, 1.807) is 51.1 Å². The lowest BCUT2D eigenvalue weighted by Crippen LogP contribution is -2.46. The summed E-state index contributed by atoms with van der Waals surface area (Å²) in [6.45, 7) is 8.58. The maximum absolute atomic E-state index is 11.3. The number of hydrogen-bond donors (Lipinski definition) is 3. The molecule has 26 heavy (non-hydrogen) atoms. The molecule has 0 fully saturated rings. The van der Waals surface area contributed by atoms with E-state index in [-0.39, 0.29) is 13.2 Å². The molecule has 3 N–H and O–H groups in total. The van der Waals surface area contributed by atoms with Gasteiger partial charge in [0.15, 0.2) is 6.04 Å². The van der Waals surface area contributed by atoms with Crippen molar-refractivity contribution >= 4 is 18.0 Å². The van der Waals surface area contributed by atoms with E-state index in [9.17, 15) is 14.4 Å². The van der Waals surface area contributed by atoms with E-state index in [1.165, 1.54) is 6.08 Å². The van der Waals surface area contributed by atoms with Crippen LogP contribution in [0.2, 0.25) is 0 Å². The molecule has 0 aromatic heterocycles. The molecular weight excluding hydrogens is 342 g/mol. The molecular formula is C18H25NO7. The molecule has 8 nitrogen and oxygen atoms in total. The lowest BCUT2D eigenvalue weighted by Gasteiger charge is -2.21. The number of carboxylic acids is 2. The summed E-state index contributed by atoms with van der Waals surface area (Å²) < 4.78 is 9.90. The fraction of sp³-hybridized carbons (Fsp3) is 0.389. The summed E-state index contributed by atoms with van der Waals surface area (Å²) in [7, 11) is 0. The number of alkyl carbamates (subject to hydrolysis) is 1. The molecule has 0 spiro atoms. The van der Waals surface area contributed by atoms with Crippen molar-refractivity contribution in [1.29, 1.82) is 0 Å². The van der Waals surface area contributed by atoms with Crippen LogP contribution in [0, 0.1) is 0 Å². The van der Waals surface area contributed by atoms with Gasteiger partial charge in [0, 0.05) is 0 Å². The second-order valence-corrected chi connectivity index (χ2v) is 6.03. The van der Waals surface area contributed by atoms with Crippen molar-refractivity contribution in [1.82, 2.24) is 5.32 Å². The lowest BCUT2D eigenvalue weighted by atomic mass is 10.2. The summed E-state index contributed by atoms with van der Waals surface area (Å²) in [4.78, 5) is 32.4. The molecule has 0 radical (unpaired) electrons. The van der Waals surface area contributed by atoms with E-state index < -0.39 is 29.7 Å². The van der Waals surface area contributed by atoms with Gasteiger partial charge in [0.2, 0.25) is 0 Å². The summed E-state index contributed by atoms with van der Waals surface area (Å²) in [5.41, 5.74) is -0.340. The maximum Gasteiger partial charge on any atom is 0.408 e. The number of carbonyl (C=O) groups is 3. The van der Waals surface area contributed by atoms with Gasteiger partial charge in [0.1, 0.15) is 5.60 Å². The number of ether oxygens (including phenoxy) is 2. The number of carboxylic acid groups (broad SMARTS) is 2. The Hall–Kier alpha value is -2.87. The van der Waals surface area contributed by atoms with Gasteiger partial charge in [-0.25, -0.2) is 14.4 Å². The van der Waals surface area contributed by atoms with Crippen molar-refractivity contribution in [3.8, 4) is 0 Å². The highest BCUT2D eigenvalue weighted by atomic mass is 16.6. The van der Waals surface area contributed by atoms with E-state index in [2.05, 4.69) is 11.9 Å². The number of aromatic carboxylic acids is 1. The molecule has 0 aliphatic heterocycles. The van der Waals surface area contributed by atoms with Gasteiger partial charge >= 0.3 is 18.0 Å². The maximum atomic E-state index is 11.3.